The van der Waals surface area contributed by atoms with Crippen molar-refractivity contribution >= 4 is 5.91 Å². The molecule has 0 spiro atoms. The molecule has 3 fully saturated rings. The van der Waals surface area contributed by atoms with Gasteiger partial charge in [0, 0.05) is 25.7 Å². The number of hydrogen-bond donors (Lipinski definition) is 0. The maximum absolute atomic E-state index is 13.0. The molecule has 138 valence electrons. The minimum atomic E-state index is 0.0760. The fourth-order valence-corrected chi connectivity index (χ4v) is 4.79. The van der Waals surface area contributed by atoms with Crippen LogP contribution in [0, 0.1) is 5.92 Å². The summed E-state index contributed by atoms with van der Waals surface area (Å²) in [6.45, 7) is 4.47. The van der Waals surface area contributed by atoms with Crippen molar-refractivity contribution in [1.29, 1.82) is 0 Å². The number of piperidine rings is 1. The van der Waals surface area contributed by atoms with Crippen molar-refractivity contribution in [2.45, 2.75) is 57.2 Å². The second-order valence-corrected chi connectivity index (χ2v) is 7.69. The Morgan fingerprint density at radius 3 is 2.92 bits per heavy atom. The topological polar surface area (TPSA) is 63.5 Å². The Hall–Kier alpha value is -1.47. The fourth-order valence-electron chi connectivity index (χ4n) is 4.79. The van der Waals surface area contributed by atoms with E-state index >= 15 is 0 Å². The third-order valence-corrected chi connectivity index (χ3v) is 6.00. The van der Waals surface area contributed by atoms with E-state index in [-0.39, 0.29) is 6.10 Å². The van der Waals surface area contributed by atoms with Gasteiger partial charge in [0.1, 0.15) is 12.7 Å². The first-order chi connectivity index (χ1) is 12.3. The number of likely N-dealkylation sites (tertiary alicyclic amines) is 1. The number of hydrogen-bond acceptors (Lipinski definition) is 5. The number of carbonyl (C=O) groups is 1. The molecule has 2 aliphatic heterocycles. The molecule has 3 atom stereocenters. The van der Waals surface area contributed by atoms with Crippen LogP contribution in [0.3, 0.4) is 0 Å². The Labute approximate surface area is 149 Å². The van der Waals surface area contributed by atoms with Gasteiger partial charge in [-0.25, -0.2) is 4.98 Å². The van der Waals surface area contributed by atoms with Crippen LogP contribution in [0.5, 0.6) is 0 Å². The number of ether oxygens (including phenoxy) is 1. The van der Waals surface area contributed by atoms with Crippen molar-refractivity contribution in [1.82, 2.24) is 24.6 Å². The van der Waals surface area contributed by atoms with Crippen LogP contribution in [-0.4, -0.2) is 75.4 Å². The van der Waals surface area contributed by atoms with E-state index in [0.29, 0.717) is 31.6 Å². The lowest BCUT2D eigenvalue weighted by molar-refractivity contribution is -0.140. The van der Waals surface area contributed by atoms with Gasteiger partial charge in [-0.15, -0.1) is 0 Å². The molecular weight excluding hydrogens is 318 g/mol. The van der Waals surface area contributed by atoms with Gasteiger partial charge < -0.3 is 9.64 Å². The molecule has 0 unspecified atom stereocenters. The van der Waals surface area contributed by atoms with E-state index in [1.54, 1.807) is 17.3 Å². The predicted molar refractivity (Wildman–Crippen MR) is 92.9 cm³/mol. The van der Waals surface area contributed by atoms with Crippen LogP contribution in [0.1, 0.15) is 38.5 Å². The zero-order valence-corrected chi connectivity index (χ0v) is 14.9. The molecule has 1 saturated carbocycles. The van der Waals surface area contributed by atoms with Crippen molar-refractivity contribution < 1.29 is 9.53 Å². The molecule has 1 amide bonds. The molecule has 1 aromatic rings. The standard InChI is InChI=1S/C18H29N5O2/c24-18(23-7-3-5-15-4-1-2-6-17(15)23)12-21-8-9-25-16(10-21)11-22-14-19-13-20-22/h13-17H,1-12H2/t15-,16+,17-/m1/s1. The van der Waals surface area contributed by atoms with Crippen LogP contribution in [0.15, 0.2) is 12.7 Å². The van der Waals surface area contributed by atoms with Crippen molar-refractivity contribution in [3.63, 3.8) is 0 Å². The SMILES string of the molecule is O=C(CN1CCO[C@H](Cn2cncn2)C1)N1CCC[C@H]2CCCC[C@H]21. The Kier molecular flexibility index (Phi) is 5.31. The predicted octanol–water partition coefficient (Wildman–Crippen LogP) is 1.16. The number of amides is 1. The first kappa shape index (κ1) is 17.0. The maximum atomic E-state index is 13.0. The van der Waals surface area contributed by atoms with Gasteiger partial charge >= 0.3 is 0 Å². The summed E-state index contributed by atoms with van der Waals surface area (Å²) >= 11 is 0. The Morgan fingerprint density at radius 2 is 2.04 bits per heavy atom. The minimum Gasteiger partial charge on any atom is -0.374 e. The van der Waals surface area contributed by atoms with Crippen molar-refractivity contribution in [2.75, 3.05) is 32.8 Å². The lowest BCUT2D eigenvalue weighted by atomic mass is 9.78. The summed E-state index contributed by atoms with van der Waals surface area (Å²) in [5.41, 5.74) is 0. The number of aromatic nitrogens is 3. The number of carbonyl (C=O) groups excluding carboxylic acids is 1. The number of fused-ring (bicyclic) bond motifs is 1. The zero-order valence-electron chi connectivity index (χ0n) is 14.9. The van der Waals surface area contributed by atoms with Gasteiger partial charge in [-0.1, -0.05) is 12.8 Å². The third-order valence-electron chi connectivity index (χ3n) is 6.00. The van der Waals surface area contributed by atoms with Gasteiger partial charge in [0.05, 0.1) is 25.8 Å². The number of rotatable bonds is 4. The Morgan fingerprint density at radius 1 is 1.16 bits per heavy atom. The largest absolute Gasteiger partial charge is 0.374 e. The maximum Gasteiger partial charge on any atom is 0.237 e. The minimum absolute atomic E-state index is 0.0760. The van der Waals surface area contributed by atoms with E-state index in [4.69, 9.17) is 4.74 Å². The quantitative estimate of drug-likeness (QED) is 0.818. The molecule has 25 heavy (non-hydrogen) atoms. The highest BCUT2D eigenvalue weighted by molar-refractivity contribution is 5.78. The highest BCUT2D eigenvalue weighted by Gasteiger charge is 2.36. The molecule has 0 aromatic carbocycles. The van der Waals surface area contributed by atoms with E-state index in [0.717, 1.165) is 25.6 Å². The van der Waals surface area contributed by atoms with Crippen LogP contribution in [-0.2, 0) is 16.1 Å². The van der Waals surface area contributed by atoms with E-state index in [2.05, 4.69) is 19.9 Å². The summed E-state index contributed by atoms with van der Waals surface area (Å²) in [4.78, 5) is 21.4. The third kappa shape index (κ3) is 4.03. The van der Waals surface area contributed by atoms with E-state index < -0.39 is 0 Å². The van der Waals surface area contributed by atoms with Gasteiger partial charge in [0.2, 0.25) is 5.91 Å². The lowest BCUT2D eigenvalue weighted by Gasteiger charge is -2.45. The van der Waals surface area contributed by atoms with E-state index in [1.807, 2.05) is 0 Å². The summed E-state index contributed by atoms with van der Waals surface area (Å²) in [6.07, 6.45) is 11.0. The van der Waals surface area contributed by atoms with Crippen molar-refractivity contribution in [3.05, 3.63) is 12.7 Å². The highest BCUT2D eigenvalue weighted by Crippen LogP contribution is 2.35. The van der Waals surface area contributed by atoms with Crippen molar-refractivity contribution in [2.24, 2.45) is 5.92 Å². The summed E-state index contributed by atoms with van der Waals surface area (Å²) in [5, 5.41) is 4.15. The molecule has 1 aromatic heterocycles. The van der Waals surface area contributed by atoms with Crippen LogP contribution in [0.2, 0.25) is 0 Å². The lowest BCUT2D eigenvalue weighted by Crippen LogP contribution is -2.54. The first-order valence-corrected chi connectivity index (χ1v) is 9.75. The van der Waals surface area contributed by atoms with Gasteiger partial charge in [-0.3, -0.25) is 14.4 Å². The molecule has 2 saturated heterocycles. The monoisotopic (exact) mass is 347 g/mol. The molecule has 7 heteroatoms. The number of nitrogens with zero attached hydrogens (tertiary/aromatic N) is 5. The van der Waals surface area contributed by atoms with Gasteiger partial charge in [0.25, 0.3) is 0 Å². The van der Waals surface area contributed by atoms with Crippen LogP contribution >= 0.6 is 0 Å². The van der Waals surface area contributed by atoms with E-state index in [1.165, 1.54) is 38.5 Å². The average Bonchev–Trinajstić information content (AvgIpc) is 3.14. The second-order valence-electron chi connectivity index (χ2n) is 7.69. The van der Waals surface area contributed by atoms with Crippen LogP contribution in [0.4, 0.5) is 0 Å². The first-order valence-electron chi connectivity index (χ1n) is 9.75. The summed E-state index contributed by atoms with van der Waals surface area (Å²) in [5.74, 6) is 1.06. The van der Waals surface area contributed by atoms with Crippen molar-refractivity contribution in [3.8, 4) is 0 Å². The Bertz CT molecular complexity index is 562. The highest BCUT2D eigenvalue weighted by atomic mass is 16.5. The average molecular weight is 347 g/mol. The molecule has 0 bridgehead atoms. The zero-order chi connectivity index (χ0) is 17.1. The summed E-state index contributed by atoms with van der Waals surface area (Å²) in [6, 6.07) is 0.502. The summed E-state index contributed by atoms with van der Waals surface area (Å²) in [7, 11) is 0. The Balaban J connectivity index is 1.32. The molecule has 0 radical (unpaired) electrons. The fraction of sp³-hybridized carbons (Fsp3) is 0.833. The molecule has 7 nitrogen and oxygen atoms in total. The smallest absolute Gasteiger partial charge is 0.237 e. The van der Waals surface area contributed by atoms with Gasteiger partial charge in [-0.05, 0) is 31.6 Å². The molecule has 1 aliphatic carbocycles. The summed E-state index contributed by atoms with van der Waals surface area (Å²) < 4.78 is 7.64. The van der Waals surface area contributed by atoms with Crippen LogP contribution < -0.4 is 0 Å². The van der Waals surface area contributed by atoms with Gasteiger partial charge in [0.15, 0.2) is 0 Å². The molecule has 3 heterocycles. The molecule has 4 rings (SSSR count). The molecule has 3 aliphatic rings. The van der Waals surface area contributed by atoms with E-state index in [9.17, 15) is 4.79 Å². The van der Waals surface area contributed by atoms with Crippen LogP contribution in [0.25, 0.3) is 0 Å². The number of morpholine rings is 1. The molecule has 0 N–H and O–H groups in total. The second kappa shape index (κ2) is 7.83. The normalized spacial score (nSPS) is 30.9. The molecular formula is C18H29N5O2. The van der Waals surface area contributed by atoms with Gasteiger partial charge in [-0.2, -0.15) is 5.10 Å².